The Morgan fingerprint density at radius 2 is 1.80 bits per heavy atom. The molecule has 2 unspecified atom stereocenters. The van der Waals surface area contributed by atoms with E-state index in [2.05, 4.69) is 13.8 Å². The smallest absolute Gasteiger partial charge is 0.335 e. The molecule has 1 aromatic carbocycles. The third kappa shape index (κ3) is 3.44. The Bertz CT molecular complexity index is 473. The first kappa shape index (κ1) is 14.7. The van der Waals surface area contributed by atoms with Crippen molar-refractivity contribution < 1.29 is 19.4 Å². The van der Waals surface area contributed by atoms with Crippen molar-refractivity contribution in [2.45, 2.75) is 39.2 Å². The maximum atomic E-state index is 11.1. The van der Waals surface area contributed by atoms with Gasteiger partial charge in [-0.05, 0) is 49.3 Å². The molecule has 4 heteroatoms. The Labute approximate surface area is 119 Å². The molecular formula is C16H22O4. The second kappa shape index (κ2) is 6.16. The first-order chi connectivity index (χ1) is 9.49. The minimum absolute atomic E-state index is 0.131. The molecule has 1 aliphatic carbocycles. The number of ether oxygens (including phenoxy) is 2. The van der Waals surface area contributed by atoms with E-state index in [4.69, 9.17) is 14.6 Å². The molecule has 1 fully saturated rings. The van der Waals surface area contributed by atoms with Crippen LogP contribution in [0, 0.1) is 11.8 Å². The molecule has 1 N–H and O–H groups in total. The lowest BCUT2D eigenvalue weighted by molar-refractivity contribution is 0.0693. The van der Waals surface area contributed by atoms with Crippen molar-refractivity contribution in [1.82, 2.24) is 0 Å². The van der Waals surface area contributed by atoms with Crippen LogP contribution >= 0.6 is 0 Å². The van der Waals surface area contributed by atoms with Crippen molar-refractivity contribution in [3.8, 4) is 11.5 Å². The largest absolute Gasteiger partial charge is 0.493 e. The number of aromatic carboxylic acids is 1. The van der Waals surface area contributed by atoms with E-state index in [1.54, 1.807) is 19.2 Å². The van der Waals surface area contributed by atoms with Crippen LogP contribution in [0.3, 0.4) is 0 Å². The topological polar surface area (TPSA) is 55.8 Å². The predicted molar refractivity (Wildman–Crippen MR) is 76.5 cm³/mol. The maximum Gasteiger partial charge on any atom is 0.335 e. The molecule has 0 radical (unpaired) electrons. The van der Waals surface area contributed by atoms with Crippen LogP contribution in [0.5, 0.6) is 11.5 Å². The molecule has 0 saturated heterocycles. The van der Waals surface area contributed by atoms with Crippen molar-refractivity contribution in [2.75, 3.05) is 7.11 Å². The van der Waals surface area contributed by atoms with Gasteiger partial charge in [0.1, 0.15) is 0 Å². The molecule has 0 spiro atoms. The van der Waals surface area contributed by atoms with Crippen LogP contribution in [-0.4, -0.2) is 24.3 Å². The maximum absolute atomic E-state index is 11.1. The van der Waals surface area contributed by atoms with Crippen molar-refractivity contribution in [3.63, 3.8) is 0 Å². The molecule has 0 aliphatic heterocycles. The van der Waals surface area contributed by atoms with Crippen LogP contribution in [0.4, 0.5) is 0 Å². The van der Waals surface area contributed by atoms with Crippen LogP contribution < -0.4 is 9.47 Å². The van der Waals surface area contributed by atoms with Gasteiger partial charge in [-0.2, -0.15) is 0 Å². The molecule has 0 bridgehead atoms. The van der Waals surface area contributed by atoms with E-state index >= 15 is 0 Å². The first-order valence-corrected chi connectivity index (χ1v) is 7.07. The number of methoxy groups -OCH3 is 1. The van der Waals surface area contributed by atoms with Gasteiger partial charge < -0.3 is 14.6 Å². The minimum Gasteiger partial charge on any atom is -0.493 e. The monoisotopic (exact) mass is 278 g/mol. The zero-order valence-electron chi connectivity index (χ0n) is 12.3. The molecule has 1 saturated carbocycles. The van der Waals surface area contributed by atoms with E-state index < -0.39 is 5.97 Å². The predicted octanol–water partition coefficient (Wildman–Crippen LogP) is 3.60. The summed E-state index contributed by atoms with van der Waals surface area (Å²) >= 11 is 0. The van der Waals surface area contributed by atoms with Gasteiger partial charge in [-0.3, -0.25) is 0 Å². The Balaban J connectivity index is 2.18. The molecule has 110 valence electrons. The summed E-state index contributed by atoms with van der Waals surface area (Å²) in [5.74, 6) is 1.43. The number of rotatable bonds is 4. The van der Waals surface area contributed by atoms with Gasteiger partial charge in [0.05, 0.1) is 18.8 Å². The molecule has 1 aromatic rings. The highest BCUT2D eigenvalue weighted by Crippen LogP contribution is 2.35. The summed E-state index contributed by atoms with van der Waals surface area (Å²) in [7, 11) is 1.56. The van der Waals surface area contributed by atoms with Crippen molar-refractivity contribution in [2.24, 2.45) is 11.8 Å². The van der Waals surface area contributed by atoms with Gasteiger partial charge in [0.2, 0.25) is 0 Å². The summed E-state index contributed by atoms with van der Waals surface area (Å²) < 4.78 is 11.3. The lowest BCUT2D eigenvalue weighted by Gasteiger charge is -2.32. The number of carbonyl (C=O) groups is 1. The molecule has 2 rings (SSSR count). The normalized spacial score (nSPS) is 26.1. The van der Waals surface area contributed by atoms with Gasteiger partial charge in [-0.1, -0.05) is 13.8 Å². The quantitative estimate of drug-likeness (QED) is 0.914. The molecular weight excluding hydrogens is 256 g/mol. The van der Waals surface area contributed by atoms with Crippen LogP contribution in [0.2, 0.25) is 0 Å². The Morgan fingerprint density at radius 3 is 2.35 bits per heavy atom. The number of carboxylic acid groups (broad SMARTS) is 1. The summed E-state index contributed by atoms with van der Waals surface area (Å²) in [6.45, 7) is 4.47. The van der Waals surface area contributed by atoms with E-state index in [0.29, 0.717) is 23.3 Å². The van der Waals surface area contributed by atoms with E-state index in [1.165, 1.54) is 12.5 Å². The highest BCUT2D eigenvalue weighted by Gasteiger charge is 2.26. The summed E-state index contributed by atoms with van der Waals surface area (Å²) in [6.07, 6.45) is 3.37. The standard InChI is InChI=1S/C16H22O4/c1-10-6-11(2)8-13(7-10)20-15-9-12(16(17)18)4-5-14(15)19-3/h4-5,9-11,13H,6-8H2,1-3H3,(H,17,18). The van der Waals surface area contributed by atoms with Gasteiger partial charge in [0, 0.05) is 0 Å². The molecule has 0 heterocycles. The van der Waals surface area contributed by atoms with E-state index in [-0.39, 0.29) is 11.7 Å². The highest BCUT2D eigenvalue weighted by molar-refractivity contribution is 5.88. The van der Waals surface area contributed by atoms with Crippen molar-refractivity contribution in [3.05, 3.63) is 23.8 Å². The molecule has 1 aliphatic rings. The summed E-state index contributed by atoms with van der Waals surface area (Å²) in [6, 6.07) is 4.72. The second-order valence-corrected chi connectivity index (χ2v) is 5.83. The number of carboxylic acids is 1. The summed E-state index contributed by atoms with van der Waals surface area (Å²) in [4.78, 5) is 11.1. The van der Waals surface area contributed by atoms with Crippen LogP contribution in [0.1, 0.15) is 43.5 Å². The molecule has 0 aromatic heterocycles. The first-order valence-electron chi connectivity index (χ1n) is 7.07. The zero-order valence-corrected chi connectivity index (χ0v) is 12.3. The SMILES string of the molecule is COc1ccc(C(=O)O)cc1OC1CC(C)CC(C)C1. The van der Waals surface area contributed by atoms with E-state index in [1.807, 2.05) is 0 Å². The Kier molecular flexibility index (Phi) is 4.53. The summed E-state index contributed by atoms with van der Waals surface area (Å²) in [5.41, 5.74) is 0.220. The lowest BCUT2D eigenvalue weighted by Crippen LogP contribution is -2.28. The van der Waals surface area contributed by atoms with E-state index in [0.717, 1.165) is 12.8 Å². The fraction of sp³-hybridized carbons (Fsp3) is 0.562. The van der Waals surface area contributed by atoms with Gasteiger partial charge in [0.25, 0.3) is 0 Å². The van der Waals surface area contributed by atoms with Gasteiger partial charge in [0.15, 0.2) is 11.5 Å². The lowest BCUT2D eigenvalue weighted by atomic mass is 9.82. The third-order valence-corrected chi connectivity index (χ3v) is 3.84. The second-order valence-electron chi connectivity index (χ2n) is 5.83. The average molecular weight is 278 g/mol. The zero-order chi connectivity index (χ0) is 14.7. The highest BCUT2D eigenvalue weighted by atomic mass is 16.5. The number of hydrogen-bond donors (Lipinski definition) is 1. The van der Waals surface area contributed by atoms with Gasteiger partial charge in [-0.25, -0.2) is 4.79 Å². The fourth-order valence-electron chi connectivity index (χ4n) is 3.05. The average Bonchev–Trinajstić information content (AvgIpc) is 2.37. The molecule has 20 heavy (non-hydrogen) atoms. The molecule has 4 nitrogen and oxygen atoms in total. The molecule has 0 amide bonds. The minimum atomic E-state index is -0.956. The number of benzene rings is 1. The summed E-state index contributed by atoms with van der Waals surface area (Å²) in [5, 5.41) is 9.07. The van der Waals surface area contributed by atoms with Crippen LogP contribution in [0.25, 0.3) is 0 Å². The van der Waals surface area contributed by atoms with E-state index in [9.17, 15) is 4.79 Å². The van der Waals surface area contributed by atoms with Crippen molar-refractivity contribution >= 4 is 5.97 Å². The van der Waals surface area contributed by atoms with Gasteiger partial charge >= 0.3 is 5.97 Å². The van der Waals surface area contributed by atoms with Crippen molar-refractivity contribution in [1.29, 1.82) is 0 Å². The van der Waals surface area contributed by atoms with Crippen LogP contribution in [-0.2, 0) is 0 Å². The third-order valence-electron chi connectivity index (χ3n) is 3.84. The van der Waals surface area contributed by atoms with Crippen LogP contribution in [0.15, 0.2) is 18.2 Å². The fourth-order valence-corrected chi connectivity index (χ4v) is 3.05. The Hall–Kier alpha value is -1.71. The van der Waals surface area contributed by atoms with Gasteiger partial charge in [-0.15, -0.1) is 0 Å². The Morgan fingerprint density at radius 1 is 1.15 bits per heavy atom. The number of hydrogen-bond acceptors (Lipinski definition) is 3. The molecule has 2 atom stereocenters.